The molecule has 31 heavy (non-hydrogen) atoms. The van der Waals surface area contributed by atoms with Crippen molar-refractivity contribution in [2.24, 2.45) is 5.92 Å². The highest BCUT2D eigenvalue weighted by molar-refractivity contribution is 7.52. The minimum atomic E-state index is -4.39. The van der Waals surface area contributed by atoms with E-state index in [-0.39, 0.29) is 24.2 Å². The molecule has 2 unspecified atom stereocenters. The Hall–Kier alpha value is -0.990. The lowest BCUT2D eigenvalue weighted by Crippen LogP contribution is -2.54. The lowest BCUT2D eigenvalue weighted by atomic mass is 10.0. The van der Waals surface area contributed by atoms with Gasteiger partial charge in [-0.25, -0.2) is 0 Å². The molecule has 0 bridgehead atoms. The molecule has 0 spiro atoms. The molecule has 9 nitrogen and oxygen atoms in total. The number of rotatable bonds is 8. The monoisotopic (exact) mass is 462 g/mol. The molecule has 1 saturated heterocycles. The van der Waals surface area contributed by atoms with Crippen molar-refractivity contribution in [2.45, 2.75) is 90.0 Å². The summed E-state index contributed by atoms with van der Waals surface area (Å²) in [6.45, 7) is 8.09. The van der Waals surface area contributed by atoms with E-state index in [1.165, 1.54) is 0 Å². The third kappa shape index (κ3) is 10.9. The molecule has 5 N–H and O–H groups in total. The minimum absolute atomic E-state index is 0.106. The number of carbonyl (C=O) groups excluding carboxylic acids is 2. The van der Waals surface area contributed by atoms with E-state index in [0.29, 0.717) is 19.4 Å². The van der Waals surface area contributed by atoms with Gasteiger partial charge in [0.1, 0.15) is 11.8 Å². The van der Waals surface area contributed by atoms with Gasteiger partial charge in [-0.1, -0.05) is 27.2 Å². The molecule has 10 heteroatoms. The lowest BCUT2D eigenvalue weighted by molar-refractivity contribution is -0.136. The molecule has 0 aromatic carbocycles. The van der Waals surface area contributed by atoms with E-state index in [2.05, 4.69) is 16.0 Å². The Morgan fingerprint density at radius 3 is 2.42 bits per heavy atom. The number of nitrogens with zero attached hydrogens (tertiary/aromatic N) is 1. The van der Waals surface area contributed by atoms with Gasteiger partial charge in [0.2, 0.25) is 11.8 Å². The Kier molecular flexibility index (Phi) is 12.9. The van der Waals surface area contributed by atoms with Gasteiger partial charge in [0.25, 0.3) is 0 Å². The molecule has 0 aromatic rings. The summed E-state index contributed by atoms with van der Waals surface area (Å²) >= 11 is 0. The zero-order valence-corrected chi connectivity index (χ0v) is 20.5. The Morgan fingerprint density at radius 1 is 1.19 bits per heavy atom. The zero-order chi connectivity index (χ0) is 23.4. The van der Waals surface area contributed by atoms with Crippen molar-refractivity contribution in [2.75, 3.05) is 26.7 Å². The number of amides is 2. The summed E-state index contributed by atoms with van der Waals surface area (Å²) in [6, 6.07) is -1.41. The molecule has 2 amide bonds. The van der Waals surface area contributed by atoms with Crippen LogP contribution in [0.3, 0.4) is 0 Å². The van der Waals surface area contributed by atoms with E-state index in [1.54, 1.807) is 18.9 Å². The summed E-state index contributed by atoms with van der Waals surface area (Å²) in [7, 11) is -2.62. The van der Waals surface area contributed by atoms with Crippen LogP contribution in [0.4, 0.5) is 0 Å². The van der Waals surface area contributed by atoms with Crippen LogP contribution in [0.5, 0.6) is 0 Å². The van der Waals surface area contributed by atoms with Crippen LogP contribution in [0.25, 0.3) is 0 Å². The van der Waals surface area contributed by atoms with Gasteiger partial charge in [-0.2, -0.15) is 0 Å². The fourth-order valence-corrected chi connectivity index (χ4v) is 4.66. The first-order chi connectivity index (χ1) is 14.6. The second-order valence-electron chi connectivity index (χ2n) is 8.99. The van der Waals surface area contributed by atoms with Crippen molar-refractivity contribution < 1.29 is 23.9 Å². The maximum absolute atomic E-state index is 13.1. The number of carbonyl (C=O) groups is 2. The quantitative estimate of drug-likeness (QED) is 0.348. The molecule has 0 radical (unpaired) electrons. The smallest absolute Gasteiger partial charge is 0.342 e. The first-order valence-corrected chi connectivity index (χ1v) is 13.3. The van der Waals surface area contributed by atoms with Crippen LogP contribution in [-0.4, -0.2) is 71.0 Å². The van der Waals surface area contributed by atoms with E-state index >= 15 is 0 Å². The Balaban J connectivity index is 2.92. The van der Waals surface area contributed by atoms with Crippen LogP contribution in [0.1, 0.15) is 72.1 Å². The largest absolute Gasteiger partial charge is 0.344 e. The fraction of sp³-hybridized carbons (Fsp3) is 0.905. The fourth-order valence-electron chi connectivity index (χ4n) is 3.81. The summed E-state index contributed by atoms with van der Waals surface area (Å²) < 4.78 is 11.8. The van der Waals surface area contributed by atoms with Crippen molar-refractivity contribution in [1.82, 2.24) is 20.9 Å². The van der Waals surface area contributed by atoms with Gasteiger partial charge >= 0.3 is 7.60 Å². The van der Waals surface area contributed by atoms with Gasteiger partial charge in [0, 0.05) is 13.6 Å². The molecule has 1 rings (SSSR count). The molecule has 0 aliphatic carbocycles. The van der Waals surface area contributed by atoms with E-state index in [4.69, 9.17) is 0 Å². The van der Waals surface area contributed by atoms with Crippen LogP contribution in [-0.2, 0) is 14.2 Å². The second kappa shape index (κ2) is 14.2. The van der Waals surface area contributed by atoms with Gasteiger partial charge in [-0.15, -0.1) is 0 Å². The van der Waals surface area contributed by atoms with Crippen LogP contribution in [0, 0.1) is 5.92 Å². The van der Waals surface area contributed by atoms with E-state index in [0.717, 1.165) is 45.2 Å². The molecule has 1 fully saturated rings. The number of nitrogens with one attached hydrogen (secondary N) is 3. The first kappa shape index (κ1) is 28.0. The van der Waals surface area contributed by atoms with Gasteiger partial charge in [-0.3, -0.25) is 19.5 Å². The third-order valence-electron chi connectivity index (χ3n) is 5.64. The maximum Gasteiger partial charge on any atom is 0.342 e. The van der Waals surface area contributed by atoms with Crippen LogP contribution < -0.4 is 16.0 Å². The first-order valence-electron chi connectivity index (χ1n) is 11.6. The summed E-state index contributed by atoms with van der Waals surface area (Å²) in [5, 5.41) is 9.16. The summed E-state index contributed by atoms with van der Waals surface area (Å²) in [4.78, 5) is 47.0. The molecule has 3 atom stereocenters. The topological polar surface area (TPSA) is 131 Å². The van der Waals surface area contributed by atoms with E-state index in [1.807, 2.05) is 13.8 Å². The van der Waals surface area contributed by atoms with Gasteiger partial charge in [0.15, 0.2) is 0 Å². The van der Waals surface area contributed by atoms with Crippen molar-refractivity contribution in [3.05, 3.63) is 0 Å². The Morgan fingerprint density at radius 2 is 1.84 bits per heavy atom. The Labute approximate surface area is 187 Å². The van der Waals surface area contributed by atoms with Crippen LogP contribution in [0.2, 0.25) is 0 Å². The third-order valence-corrected chi connectivity index (χ3v) is 6.97. The molecule has 0 saturated carbocycles. The predicted octanol–water partition coefficient (Wildman–Crippen LogP) is 1.79. The predicted molar refractivity (Wildman–Crippen MR) is 123 cm³/mol. The number of likely N-dealkylation sites (N-methyl/N-ethyl adjacent to an activating group) is 1. The molecule has 0 aromatic heterocycles. The highest BCUT2D eigenvalue weighted by atomic mass is 31.2. The lowest BCUT2D eigenvalue weighted by Gasteiger charge is -2.29. The highest BCUT2D eigenvalue weighted by Gasteiger charge is 2.33. The molecular formula is C21H43N4O5P. The van der Waals surface area contributed by atoms with Crippen molar-refractivity contribution >= 4 is 19.4 Å². The SMILES string of the molecule is CC[C@H](NC(CC(C)C)C(=O)NC1CCCCNCCCCCN(C)C1=O)P(=O)(O)O. The number of hydrogen-bond acceptors (Lipinski definition) is 5. The van der Waals surface area contributed by atoms with Crippen molar-refractivity contribution in [3.8, 4) is 0 Å². The molecule has 1 heterocycles. The molecular weight excluding hydrogens is 419 g/mol. The van der Waals surface area contributed by atoms with Gasteiger partial charge in [0.05, 0.1) is 6.04 Å². The number of hydrogen-bond donors (Lipinski definition) is 5. The highest BCUT2D eigenvalue weighted by Crippen LogP contribution is 2.41. The standard InChI is InChI=1S/C21H43N4O5P/c1-5-19(31(28,29)30)23-18(15-16(2)3)20(26)24-17-11-7-9-13-22-12-8-6-10-14-25(4)21(17)27/h16-19,22-23H,5-15H2,1-4H3,(H,24,26)(H2,28,29,30)/t17?,18?,19-/m1/s1. The summed E-state index contributed by atoms with van der Waals surface area (Å²) in [5.74, 6) is -1.44. The van der Waals surface area contributed by atoms with E-state index < -0.39 is 25.5 Å². The average Bonchev–Trinajstić information content (AvgIpc) is 2.69. The van der Waals surface area contributed by atoms with Crippen molar-refractivity contribution in [1.29, 1.82) is 0 Å². The Bertz CT molecular complexity index is 598. The molecule has 182 valence electrons. The minimum Gasteiger partial charge on any atom is -0.344 e. The summed E-state index contributed by atoms with van der Waals surface area (Å²) in [6.07, 6.45) is 5.94. The second-order valence-corrected chi connectivity index (χ2v) is 10.8. The van der Waals surface area contributed by atoms with E-state index in [9.17, 15) is 23.9 Å². The van der Waals surface area contributed by atoms with Gasteiger partial charge in [-0.05, 0) is 64.0 Å². The zero-order valence-electron chi connectivity index (χ0n) is 19.6. The molecule has 1 aliphatic heterocycles. The van der Waals surface area contributed by atoms with Crippen LogP contribution in [0.15, 0.2) is 0 Å². The van der Waals surface area contributed by atoms with Crippen molar-refractivity contribution in [3.63, 3.8) is 0 Å². The van der Waals surface area contributed by atoms with Crippen LogP contribution >= 0.6 is 7.60 Å². The van der Waals surface area contributed by atoms with Gasteiger partial charge < -0.3 is 25.3 Å². The molecule has 1 aliphatic rings. The average molecular weight is 463 g/mol. The normalized spacial score (nSPS) is 22.2. The maximum atomic E-state index is 13.1. The summed E-state index contributed by atoms with van der Waals surface area (Å²) in [5.41, 5.74) is 0.